The molecule has 31 heavy (non-hydrogen) atoms. The molecule has 0 radical (unpaired) electrons. The zero-order valence-electron chi connectivity index (χ0n) is 21.7. The van der Waals surface area contributed by atoms with E-state index in [1.54, 1.807) is 5.57 Å². The van der Waals surface area contributed by atoms with E-state index < -0.39 is 0 Å². The molecule has 4 aliphatic carbocycles. The smallest absolute Gasteiger partial charge is 0.0629 e. The van der Waals surface area contributed by atoms with Crippen molar-refractivity contribution in [3.05, 3.63) is 11.6 Å². The molecule has 6 fully saturated rings. The van der Waals surface area contributed by atoms with Gasteiger partial charge in [-0.25, -0.2) is 0 Å². The van der Waals surface area contributed by atoms with Gasteiger partial charge >= 0.3 is 0 Å². The molecule has 1 spiro atoms. The standard InChI is InChI=1S/C30H50O/c1-20(2)9-8-10-21(3)22-13-16-29(7)23-11-12-25-27(4,5)26-15-18-30(25,19-31-26)24(23)14-17-28(22,29)6/h10,20,22-26H,8-9,11-19H2,1-7H3/b21-10+/t22-,23-,24+,25+,26+,28-,29+,30+/m1/s1. The molecule has 0 amide bonds. The van der Waals surface area contributed by atoms with E-state index in [9.17, 15) is 0 Å². The third-order valence-electron chi connectivity index (χ3n) is 12.4. The molecular formula is C30H50O. The average Bonchev–Trinajstić information content (AvgIpc) is 2.99. The Hall–Kier alpha value is -0.300. The van der Waals surface area contributed by atoms with E-state index in [0.29, 0.717) is 27.8 Å². The summed E-state index contributed by atoms with van der Waals surface area (Å²) in [4.78, 5) is 0. The number of fused-ring (bicyclic) bond motifs is 5. The van der Waals surface area contributed by atoms with Gasteiger partial charge < -0.3 is 4.74 Å². The summed E-state index contributed by atoms with van der Waals surface area (Å²) in [6.07, 6.45) is 17.3. The summed E-state index contributed by atoms with van der Waals surface area (Å²) >= 11 is 0. The number of allylic oxidation sites excluding steroid dienone is 2. The molecule has 2 aliphatic heterocycles. The van der Waals surface area contributed by atoms with Crippen molar-refractivity contribution >= 4 is 0 Å². The molecule has 0 aromatic rings. The van der Waals surface area contributed by atoms with Crippen LogP contribution in [-0.4, -0.2) is 12.7 Å². The molecule has 0 N–H and O–H groups in total. The first-order valence-electron chi connectivity index (χ1n) is 13.8. The summed E-state index contributed by atoms with van der Waals surface area (Å²) in [5.41, 5.74) is 3.62. The van der Waals surface area contributed by atoms with Crippen molar-refractivity contribution in [3.63, 3.8) is 0 Å². The van der Waals surface area contributed by atoms with Crippen molar-refractivity contribution in [1.82, 2.24) is 0 Å². The van der Waals surface area contributed by atoms with Crippen LogP contribution in [0.3, 0.4) is 0 Å². The van der Waals surface area contributed by atoms with Crippen LogP contribution >= 0.6 is 0 Å². The maximum Gasteiger partial charge on any atom is 0.0629 e. The van der Waals surface area contributed by atoms with Crippen molar-refractivity contribution in [2.75, 3.05) is 6.61 Å². The first kappa shape index (κ1) is 22.5. The molecule has 1 nitrogen and oxygen atoms in total. The van der Waals surface area contributed by atoms with Gasteiger partial charge in [-0.05, 0) is 117 Å². The second-order valence-electron chi connectivity index (χ2n) is 14.1. The molecule has 2 bridgehead atoms. The lowest BCUT2D eigenvalue weighted by molar-refractivity contribution is -0.281. The Morgan fingerprint density at radius 2 is 1.65 bits per heavy atom. The molecule has 2 heterocycles. The Morgan fingerprint density at radius 3 is 2.32 bits per heavy atom. The second-order valence-corrected chi connectivity index (χ2v) is 14.1. The predicted octanol–water partition coefficient (Wildman–Crippen LogP) is 8.43. The lowest BCUT2D eigenvalue weighted by Gasteiger charge is -2.70. The monoisotopic (exact) mass is 426 g/mol. The molecule has 1 heteroatoms. The Balaban J connectivity index is 1.43. The van der Waals surface area contributed by atoms with Gasteiger partial charge in [0.25, 0.3) is 0 Å². The van der Waals surface area contributed by atoms with Gasteiger partial charge in [0, 0.05) is 5.41 Å². The maximum atomic E-state index is 6.58. The summed E-state index contributed by atoms with van der Waals surface area (Å²) in [5, 5.41) is 0. The lowest BCUT2D eigenvalue weighted by atomic mass is 9.37. The van der Waals surface area contributed by atoms with E-state index in [1.165, 1.54) is 64.2 Å². The number of rotatable bonds is 4. The number of hydrogen-bond acceptors (Lipinski definition) is 1. The molecule has 0 aromatic carbocycles. The highest BCUT2D eigenvalue weighted by Crippen LogP contribution is 2.75. The predicted molar refractivity (Wildman–Crippen MR) is 131 cm³/mol. The Bertz CT molecular complexity index is 723. The number of hydrogen-bond donors (Lipinski definition) is 0. The van der Waals surface area contributed by atoms with Crippen molar-refractivity contribution in [3.8, 4) is 0 Å². The third-order valence-corrected chi connectivity index (χ3v) is 12.4. The second kappa shape index (κ2) is 7.35. The van der Waals surface area contributed by atoms with Crippen LogP contribution in [0.4, 0.5) is 0 Å². The summed E-state index contributed by atoms with van der Waals surface area (Å²) < 4.78 is 6.58. The molecule has 8 atom stereocenters. The zero-order valence-corrected chi connectivity index (χ0v) is 21.7. The normalized spacial score (nSPS) is 50.8. The van der Waals surface area contributed by atoms with Gasteiger partial charge in [0.05, 0.1) is 12.7 Å². The highest BCUT2D eigenvalue weighted by Gasteiger charge is 2.70. The first-order valence-corrected chi connectivity index (χ1v) is 13.8. The minimum Gasteiger partial charge on any atom is -0.377 e. The number of ether oxygens (including phenoxy) is 1. The van der Waals surface area contributed by atoms with Gasteiger partial charge in [0.1, 0.15) is 0 Å². The van der Waals surface area contributed by atoms with E-state index in [1.807, 2.05) is 0 Å². The van der Waals surface area contributed by atoms with E-state index in [4.69, 9.17) is 4.74 Å². The average molecular weight is 427 g/mol. The first-order chi connectivity index (χ1) is 14.6. The van der Waals surface area contributed by atoms with Crippen LogP contribution in [0.25, 0.3) is 0 Å². The van der Waals surface area contributed by atoms with Crippen molar-refractivity contribution < 1.29 is 4.74 Å². The van der Waals surface area contributed by atoms with E-state index in [0.717, 1.165) is 36.2 Å². The summed E-state index contributed by atoms with van der Waals surface area (Å²) in [5.74, 6) is 4.36. The molecule has 6 aliphatic rings. The van der Waals surface area contributed by atoms with Crippen LogP contribution in [-0.2, 0) is 4.74 Å². The van der Waals surface area contributed by atoms with Crippen LogP contribution in [0, 0.1) is 51.2 Å². The van der Waals surface area contributed by atoms with Gasteiger partial charge in [-0.15, -0.1) is 0 Å². The fraction of sp³-hybridized carbons (Fsp3) is 0.933. The summed E-state index contributed by atoms with van der Waals surface area (Å²) in [6.45, 7) is 18.8. The van der Waals surface area contributed by atoms with Crippen molar-refractivity contribution in [2.24, 2.45) is 51.2 Å². The van der Waals surface area contributed by atoms with Crippen LogP contribution < -0.4 is 0 Å². The Kier molecular flexibility index (Phi) is 5.33. The van der Waals surface area contributed by atoms with Crippen LogP contribution in [0.15, 0.2) is 11.6 Å². The highest BCUT2D eigenvalue weighted by molar-refractivity contribution is 5.22. The summed E-state index contributed by atoms with van der Waals surface area (Å²) in [7, 11) is 0. The molecule has 176 valence electrons. The zero-order chi connectivity index (χ0) is 22.2. The molecular weight excluding hydrogens is 376 g/mol. The summed E-state index contributed by atoms with van der Waals surface area (Å²) in [6, 6.07) is 0. The van der Waals surface area contributed by atoms with Gasteiger partial charge in [0.15, 0.2) is 0 Å². The van der Waals surface area contributed by atoms with E-state index in [2.05, 4.69) is 54.5 Å². The fourth-order valence-electron chi connectivity index (χ4n) is 10.5. The van der Waals surface area contributed by atoms with E-state index >= 15 is 0 Å². The molecule has 6 rings (SSSR count). The van der Waals surface area contributed by atoms with Crippen LogP contribution in [0.2, 0.25) is 0 Å². The van der Waals surface area contributed by atoms with Gasteiger partial charge in [0.2, 0.25) is 0 Å². The molecule has 0 unspecified atom stereocenters. The largest absolute Gasteiger partial charge is 0.377 e. The van der Waals surface area contributed by atoms with Crippen LogP contribution in [0.5, 0.6) is 0 Å². The van der Waals surface area contributed by atoms with Crippen LogP contribution in [0.1, 0.15) is 113 Å². The Morgan fingerprint density at radius 1 is 0.903 bits per heavy atom. The minimum atomic E-state index is 0.386. The quantitative estimate of drug-likeness (QED) is 0.410. The topological polar surface area (TPSA) is 9.23 Å². The van der Waals surface area contributed by atoms with Gasteiger partial charge in [-0.3, -0.25) is 0 Å². The third kappa shape index (κ3) is 2.96. The van der Waals surface area contributed by atoms with Gasteiger partial charge in [-0.1, -0.05) is 53.2 Å². The minimum absolute atomic E-state index is 0.386. The highest BCUT2D eigenvalue weighted by atomic mass is 16.5. The van der Waals surface area contributed by atoms with Crippen molar-refractivity contribution in [1.29, 1.82) is 0 Å². The lowest BCUT2D eigenvalue weighted by Crippen LogP contribution is -2.67. The SMILES string of the molecule is C/C(=C\CCC(C)C)[C@H]1CC[C@@]2(C)[C@@H]3CC[C@H]4C(C)(C)[C@@H]5CC[C@]4(CO5)[C@H]3CC[C@]12C. The van der Waals surface area contributed by atoms with E-state index in [-0.39, 0.29) is 0 Å². The molecule has 0 aromatic heterocycles. The molecule has 4 saturated carbocycles. The fourth-order valence-corrected chi connectivity index (χ4v) is 10.5. The van der Waals surface area contributed by atoms with Gasteiger partial charge in [-0.2, -0.15) is 0 Å². The Labute approximate surface area is 193 Å². The maximum absolute atomic E-state index is 6.58. The van der Waals surface area contributed by atoms with Crippen molar-refractivity contribution in [2.45, 2.75) is 119 Å². The molecule has 2 saturated heterocycles.